The molecular weight excluding hydrogens is 578 g/mol. The number of ether oxygens (including phenoxy) is 1. The number of hydrogen-bond acceptors (Lipinski definition) is 5. The first-order chi connectivity index (χ1) is 21.3. The van der Waals surface area contributed by atoms with Gasteiger partial charge in [0.2, 0.25) is 0 Å². The molecular formula is C36H44F2N2O3S. The highest BCUT2D eigenvalue weighted by Gasteiger charge is 2.24. The summed E-state index contributed by atoms with van der Waals surface area (Å²) in [6.07, 6.45) is 9.73. The van der Waals surface area contributed by atoms with Gasteiger partial charge in [-0.15, -0.1) is 0 Å². The van der Waals surface area contributed by atoms with Gasteiger partial charge >= 0.3 is 5.97 Å². The Morgan fingerprint density at radius 3 is 2.34 bits per heavy atom. The van der Waals surface area contributed by atoms with E-state index in [1.807, 2.05) is 55.6 Å². The molecule has 0 aliphatic heterocycles. The Hall–Kier alpha value is -3.23. The van der Waals surface area contributed by atoms with Gasteiger partial charge in [0.25, 0.3) is 5.91 Å². The summed E-state index contributed by atoms with van der Waals surface area (Å²) in [4.78, 5) is 28.3. The maximum atomic E-state index is 14.1. The van der Waals surface area contributed by atoms with Crippen molar-refractivity contribution in [2.24, 2.45) is 5.92 Å². The van der Waals surface area contributed by atoms with Crippen molar-refractivity contribution >= 4 is 23.6 Å². The lowest BCUT2D eigenvalue weighted by atomic mass is 9.87. The Bertz CT molecular complexity index is 1390. The first kappa shape index (κ1) is 33.7. The number of esters is 1. The van der Waals surface area contributed by atoms with Crippen molar-refractivity contribution in [2.45, 2.75) is 71.0 Å². The molecule has 44 heavy (non-hydrogen) atoms. The number of thioether (sulfide) groups is 1. The van der Waals surface area contributed by atoms with Crippen LogP contribution >= 0.6 is 11.8 Å². The predicted octanol–water partition coefficient (Wildman–Crippen LogP) is 7.94. The van der Waals surface area contributed by atoms with E-state index >= 15 is 0 Å². The van der Waals surface area contributed by atoms with Gasteiger partial charge in [0.1, 0.15) is 17.7 Å². The number of carbonyl (C=O) groups is 2. The van der Waals surface area contributed by atoms with Crippen molar-refractivity contribution in [2.75, 3.05) is 25.7 Å². The van der Waals surface area contributed by atoms with E-state index in [-0.39, 0.29) is 5.91 Å². The fourth-order valence-electron chi connectivity index (χ4n) is 6.12. The number of methoxy groups -OCH3 is 1. The molecule has 0 radical (unpaired) electrons. The summed E-state index contributed by atoms with van der Waals surface area (Å²) in [6.45, 7) is 3.79. The van der Waals surface area contributed by atoms with Crippen LogP contribution in [0.3, 0.4) is 0 Å². The predicted molar refractivity (Wildman–Crippen MR) is 175 cm³/mol. The average Bonchev–Trinajstić information content (AvgIpc) is 3.01. The van der Waals surface area contributed by atoms with E-state index in [1.54, 1.807) is 11.8 Å². The Balaban J connectivity index is 1.64. The molecule has 0 aromatic heterocycles. The molecule has 1 aliphatic rings. The van der Waals surface area contributed by atoms with Crippen LogP contribution in [0.15, 0.2) is 60.7 Å². The average molecular weight is 623 g/mol. The molecule has 1 atom stereocenters. The van der Waals surface area contributed by atoms with Crippen LogP contribution in [0.1, 0.15) is 72.0 Å². The van der Waals surface area contributed by atoms with Crippen molar-refractivity contribution < 1.29 is 23.1 Å². The van der Waals surface area contributed by atoms with E-state index in [4.69, 9.17) is 4.74 Å². The van der Waals surface area contributed by atoms with Gasteiger partial charge in [-0.05, 0) is 96.3 Å². The lowest BCUT2D eigenvalue weighted by Crippen LogP contribution is -2.42. The zero-order valence-electron chi connectivity index (χ0n) is 26.0. The second kappa shape index (κ2) is 16.7. The third kappa shape index (κ3) is 9.63. The molecule has 8 heteroatoms. The fraction of sp³-hybridized carbons (Fsp3) is 0.444. The molecule has 1 N–H and O–H groups in total. The first-order valence-corrected chi connectivity index (χ1v) is 16.9. The second-order valence-corrected chi connectivity index (χ2v) is 12.8. The number of carbonyl (C=O) groups excluding carboxylic acids is 2. The van der Waals surface area contributed by atoms with Crippen molar-refractivity contribution in [3.63, 3.8) is 0 Å². The lowest BCUT2D eigenvalue weighted by molar-refractivity contribution is -0.142. The maximum Gasteiger partial charge on any atom is 0.328 e. The molecule has 0 heterocycles. The van der Waals surface area contributed by atoms with Crippen LogP contribution in [-0.4, -0.2) is 48.5 Å². The number of hydrogen-bond donors (Lipinski definition) is 1. The third-order valence-corrected chi connectivity index (χ3v) is 9.12. The summed E-state index contributed by atoms with van der Waals surface area (Å²) >= 11 is 1.60. The van der Waals surface area contributed by atoms with Crippen LogP contribution in [-0.2, 0) is 22.6 Å². The lowest BCUT2D eigenvalue weighted by Gasteiger charge is -2.28. The van der Waals surface area contributed by atoms with Crippen molar-refractivity contribution in [1.82, 2.24) is 10.2 Å². The van der Waals surface area contributed by atoms with Gasteiger partial charge in [0.15, 0.2) is 0 Å². The Morgan fingerprint density at radius 1 is 0.955 bits per heavy atom. The number of aryl methyl sites for hydroxylation is 1. The van der Waals surface area contributed by atoms with E-state index in [0.29, 0.717) is 42.3 Å². The minimum atomic E-state index is -0.744. The molecule has 1 saturated carbocycles. The zero-order chi connectivity index (χ0) is 31.5. The summed E-state index contributed by atoms with van der Waals surface area (Å²) in [7, 11) is 1.33. The van der Waals surface area contributed by atoms with Crippen LogP contribution in [0.2, 0.25) is 0 Å². The molecule has 0 bridgehead atoms. The summed E-state index contributed by atoms with van der Waals surface area (Å²) < 4.78 is 33.1. The van der Waals surface area contributed by atoms with E-state index < -0.39 is 23.6 Å². The SMILES string of the molecule is COC(=O)C(CCSC)NC(=O)c1ccc(CN(CCC2CCCCC2)Cc2cc(F)cc(F)c2)cc1-c1ccccc1C. The molecule has 0 saturated heterocycles. The number of nitrogens with zero attached hydrogens (tertiary/aromatic N) is 1. The highest BCUT2D eigenvalue weighted by atomic mass is 32.2. The van der Waals surface area contributed by atoms with Crippen LogP contribution in [0, 0.1) is 24.5 Å². The van der Waals surface area contributed by atoms with Crippen LogP contribution in [0.25, 0.3) is 11.1 Å². The minimum absolute atomic E-state index is 0.337. The summed E-state index contributed by atoms with van der Waals surface area (Å²) in [5.74, 6) is -0.591. The summed E-state index contributed by atoms with van der Waals surface area (Å²) in [5.41, 5.74) is 4.79. The Kier molecular flexibility index (Phi) is 12.8. The number of halogens is 2. The third-order valence-electron chi connectivity index (χ3n) is 8.48. The smallest absolute Gasteiger partial charge is 0.328 e. The molecule has 1 fully saturated rings. The fourth-order valence-corrected chi connectivity index (χ4v) is 6.59. The van der Waals surface area contributed by atoms with Gasteiger partial charge in [0, 0.05) is 24.7 Å². The number of amides is 1. The van der Waals surface area contributed by atoms with E-state index in [9.17, 15) is 18.4 Å². The Morgan fingerprint density at radius 2 is 1.66 bits per heavy atom. The monoisotopic (exact) mass is 622 g/mol. The quantitative estimate of drug-likeness (QED) is 0.185. The van der Waals surface area contributed by atoms with E-state index in [0.717, 1.165) is 41.3 Å². The normalized spacial score (nSPS) is 14.4. The highest BCUT2D eigenvalue weighted by molar-refractivity contribution is 7.98. The van der Waals surface area contributed by atoms with E-state index in [2.05, 4.69) is 10.2 Å². The molecule has 1 unspecified atom stereocenters. The summed E-state index contributed by atoms with van der Waals surface area (Å²) in [5, 5.41) is 2.90. The van der Waals surface area contributed by atoms with Crippen molar-refractivity contribution in [1.29, 1.82) is 0 Å². The molecule has 236 valence electrons. The molecule has 1 amide bonds. The molecule has 3 aromatic rings. The topological polar surface area (TPSA) is 58.6 Å². The summed E-state index contributed by atoms with van der Waals surface area (Å²) in [6, 6.07) is 16.7. The number of rotatable bonds is 14. The van der Waals surface area contributed by atoms with Crippen molar-refractivity contribution in [3.05, 3.63) is 94.6 Å². The molecule has 3 aromatic carbocycles. The minimum Gasteiger partial charge on any atom is -0.467 e. The highest BCUT2D eigenvalue weighted by Crippen LogP contribution is 2.30. The van der Waals surface area contributed by atoms with Crippen LogP contribution in [0.5, 0.6) is 0 Å². The van der Waals surface area contributed by atoms with Gasteiger partial charge < -0.3 is 10.1 Å². The van der Waals surface area contributed by atoms with E-state index in [1.165, 1.54) is 51.3 Å². The second-order valence-electron chi connectivity index (χ2n) is 11.8. The Labute approximate surface area is 264 Å². The van der Waals surface area contributed by atoms with Crippen LogP contribution in [0.4, 0.5) is 8.78 Å². The first-order valence-electron chi connectivity index (χ1n) is 15.5. The van der Waals surface area contributed by atoms with Gasteiger partial charge in [-0.3, -0.25) is 9.69 Å². The van der Waals surface area contributed by atoms with Gasteiger partial charge in [-0.1, -0.05) is 62.4 Å². The van der Waals surface area contributed by atoms with Gasteiger partial charge in [-0.2, -0.15) is 11.8 Å². The molecule has 4 rings (SSSR count). The maximum absolute atomic E-state index is 14.1. The molecule has 0 spiro atoms. The standard InChI is InChI=1S/C36H44F2N2O3S/c1-25-9-7-8-12-31(25)33-21-27(13-14-32(33)35(41)39-34(16-18-44-3)36(42)43-2)23-40(17-15-26-10-5-4-6-11-26)24-28-19-29(37)22-30(38)20-28/h7-9,12-14,19-22,26,34H,4-6,10-11,15-18,23-24H2,1-3H3,(H,39,41). The molecule has 5 nitrogen and oxygen atoms in total. The largest absolute Gasteiger partial charge is 0.467 e. The zero-order valence-corrected chi connectivity index (χ0v) is 26.9. The molecule has 1 aliphatic carbocycles. The number of nitrogens with one attached hydrogen (secondary N) is 1. The van der Waals surface area contributed by atoms with Gasteiger partial charge in [-0.25, -0.2) is 13.6 Å². The van der Waals surface area contributed by atoms with Gasteiger partial charge in [0.05, 0.1) is 7.11 Å². The van der Waals surface area contributed by atoms with Crippen molar-refractivity contribution in [3.8, 4) is 11.1 Å². The van der Waals surface area contributed by atoms with Crippen LogP contribution < -0.4 is 5.32 Å². The number of benzene rings is 3.